The molecule has 0 bridgehead atoms. The molecule has 0 saturated heterocycles. The number of aryl methyl sites for hydroxylation is 1. The van der Waals surface area contributed by atoms with Gasteiger partial charge in [0.2, 0.25) is 0 Å². The summed E-state index contributed by atoms with van der Waals surface area (Å²) in [6, 6.07) is 4.08. The fourth-order valence-corrected chi connectivity index (χ4v) is 2.47. The summed E-state index contributed by atoms with van der Waals surface area (Å²) < 4.78 is 4.05. The Morgan fingerprint density at radius 2 is 2.20 bits per heavy atom. The number of fused-ring (bicyclic) bond motifs is 1. The Bertz CT molecular complexity index is 711. The van der Waals surface area contributed by atoms with Crippen molar-refractivity contribution in [3.05, 3.63) is 42.2 Å². The van der Waals surface area contributed by atoms with E-state index >= 15 is 0 Å². The molecule has 0 aliphatic heterocycles. The fourth-order valence-electron chi connectivity index (χ4n) is 2.47. The highest BCUT2D eigenvalue weighted by Crippen LogP contribution is 2.20. The van der Waals surface area contributed by atoms with Crippen molar-refractivity contribution in [2.75, 3.05) is 7.05 Å². The largest absolute Gasteiger partial charge is 0.325 e. The average Bonchev–Trinajstić information content (AvgIpc) is 3.06. The standard InChI is InChI=1S/C14H18N6/c1-3-20-13(17-10-18-20)9-19-8-11(7-15-2)12-5-4-6-16-14(12)19/h4-6,8,10,15H,3,7,9H2,1-2H3. The minimum atomic E-state index is 0.686. The van der Waals surface area contributed by atoms with Crippen molar-refractivity contribution < 1.29 is 0 Å². The van der Waals surface area contributed by atoms with Crippen LogP contribution in [0, 0.1) is 0 Å². The molecular weight excluding hydrogens is 252 g/mol. The van der Waals surface area contributed by atoms with Crippen LogP contribution in [0.5, 0.6) is 0 Å². The molecule has 0 saturated carbocycles. The molecule has 3 rings (SSSR count). The smallest absolute Gasteiger partial charge is 0.146 e. The molecule has 0 aromatic carbocycles. The van der Waals surface area contributed by atoms with Gasteiger partial charge in [-0.25, -0.2) is 14.6 Å². The van der Waals surface area contributed by atoms with E-state index in [2.05, 4.69) is 44.1 Å². The molecule has 6 nitrogen and oxygen atoms in total. The van der Waals surface area contributed by atoms with Gasteiger partial charge in [0.05, 0.1) is 6.54 Å². The van der Waals surface area contributed by atoms with Crippen LogP contribution >= 0.6 is 0 Å². The second kappa shape index (κ2) is 5.42. The second-order valence-corrected chi connectivity index (χ2v) is 4.68. The Hall–Kier alpha value is -2.21. The molecule has 3 aromatic rings. The molecule has 20 heavy (non-hydrogen) atoms. The third-order valence-corrected chi connectivity index (χ3v) is 3.39. The molecule has 6 heteroatoms. The van der Waals surface area contributed by atoms with E-state index in [-0.39, 0.29) is 0 Å². The van der Waals surface area contributed by atoms with Gasteiger partial charge >= 0.3 is 0 Å². The van der Waals surface area contributed by atoms with E-state index in [0.29, 0.717) is 6.54 Å². The highest BCUT2D eigenvalue weighted by atomic mass is 15.3. The molecular formula is C14H18N6. The Kier molecular flexibility index (Phi) is 3.47. The highest BCUT2D eigenvalue weighted by molar-refractivity contribution is 5.80. The summed E-state index contributed by atoms with van der Waals surface area (Å²) in [6.45, 7) is 4.41. The van der Waals surface area contributed by atoms with Crippen LogP contribution in [0.25, 0.3) is 11.0 Å². The van der Waals surface area contributed by atoms with E-state index in [4.69, 9.17) is 0 Å². The van der Waals surface area contributed by atoms with Crippen molar-refractivity contribution in [3.63, 3.8) is 0 Å². The van der Waals surface area contributed by atoms with Gasteiger partial charge in [0.1, 0.15) is 17.8 Å². The van der Waals surface area contributed by atoms with E-state index in [0.717, 1.165) is 24.6 Å². The lowest BCUT2D eigenvalue weighted by Gasteiger charge is -2.05. The predicted molar refractivity (Wildman–Crippen MR) is 77.3 cm³/mol. The third-order valence-electron chi connectivity index (χ3n) is 3.39. The molecule has 0 aliphatic rings. The van der Waals surface area contributed by atoms with Crippen LogP contribution in [-0.4, -0.2) is 31.4 Å². The van der Waals surface area contributed by atoms with E-state index in [1.807, 2.05) is 24.0 Å². The molecule has 0 amide bonds. The van der Waals surface area contributed by atoms with Gasteiger partial charge in [-0.1, -0.05) is 0 Å². The van der Waals surface area contributed by atoms with Gasteiger partial charge in [0.15, 0.2) is 0 Å². The molecule has 0 aliphatic carbocycles. The monoisotopic (exact) mass is 270 g/mol. The summed E-state index contributed by atoms with van der Waals surface area (Å²) in [7, 11) is 1.95. The number of hydrogen-bond acceptors (Lipinski definition) is 4. The molecule has 0 fully saturated rings. The van der Waals surface area contributed by atoms with Crippen molar-refractivity contribution in [2.45, 2.75) is 26.6 Å². The quantitative estimate of drug-likeness (QED) is 0.761. The average molecular weight is 270 g/mol. The van der Waals surface area contributed by atoms with Crippen LogP contribution in [0.2, 0.25) is 0 Å². The van der Waals surface area contributed by atoms with E-state index in [9.17, 15) is 0 Å². The molecule has 3 aromatic heterocycles. The lowest BCUT2D eigenvalue weighted by Crippen LogP contribution is -2.09. The Morgan fingerprint density at radius 3 is 3.00 bits per heavy atom. The van der Waals surface area contributed by atoms with Gasteiger partial charge < -0.3 is 9.88 Å². The Morgan fingerprint density at radius 1 is 1.30 bits per heavy atom. The molecule has 0 unspecified atom stereocenters. The zero-order valence-corrected chi connectivity index (χ0v) is 11.7. The van der Waals surface area contributed by atoms with Crippen LogP contribution in [0.15, 0.2) is 30.9 Å². The van der Waals surface area contributed by atoms with Gasteiger partial charge in [-0.05, 0) is 31.7 Å². The van der Waals surface area contributed by atoms with Crippen LogP contribution < -0.4 is 5.32 Å². The van der Waals surface area contributed by atoms with Gasteiger partial charge in [0.25, 0.3) is 0 Å². The normalized spacial score (nSPS) is 11.3. The van der Waals surface area contributed by atoms with Gasteiger partial charge in [-0.15, -0.1) is 0 Å². The molecule has 104 valence electrons. The minimum Gasteiger partial charge on any atom is -0.325 e. The lowest BCUT2D eigenvalue weighted by molar-refractivity contribution is 0.595. The first-order valence-corrected chi connectivity index (χ1v) is 6.77. The van der Waals surface area contributed by atoms with Crippen LogP contribution in [0.1, 0.15) is 18.3 Å². The highest BCUT2D eigenvalue weighted by Gasteiger charge is 2.11. The summed E-state index contributed by atoms with van der Waals surface area (Å²) in [4.78, 5) is 8.83. The number of nitrogens with one attached hydrogen (secondary N) is 1. The van der Waals surface area contributed by atoms with E-state index < -0.39 is 0 Å². The van der Waals surface area contributed by atoms with E-state index in [1.165, 1.54) is 10.9 Å². The van der Waals surface area contributed by atoms with Crippen LogP contribution in [0.4, 0.5) is 0 Å². The number of pyridine rings is 1. The summed E-state index contributed by atoms with van der Waals surface area (Å²) in [6.07, 6.45) is 5.57. The van der Waals surface area contributed by atoms with Gasteiger partial charge in [0, 0.05) is 30.9 Å². The number of aromatic nitrogens is 5. The predicted octanol–water partition coefficient (Wildman–Crippen LogP) is 1.42. The SMILES string of the molecule is CCn1ncnc1Cn1cc(CNC)c2cccnc21. The van der Waals surface area contributed by atoms with E-state index in [1.54, 1.807) is 6.33 Å². The van der Waals surface area contributed by atoms with Crippen LogP contribution in [0.3, 0.4) is 0 Å². The minimum absolute atomic E-state index is 0.686. The molecule has 0 radical (unpaired) electrons. The topological polar surface area (TPSA) is 60.6 Å². The number of hydrogen-bond donors (Lipinski definition) is 1. The number of nitrogens with zero attached hydrogens (tertiary/aromatic N) is 5. The van der Waals surface area contributed by atoms with Crippen LogP contribution in [-0.2, 0) is 19.6 Å². The van der Waals surface area contributed by atoms with Gasteiger partial charge in [-0.3, -0.25) is 0 Å². The van der Waals surface area contributed by atoms with Crippen molar-refractivity contribution in [2.24, 2.45) is 0 Å². The molecule has 0 spiro atoms. The summed E-state index contributed by atoms with van der Waals surface area (Å²) in [5.41, 5.74) is 2.24. The summed E-state index contributed by atoms with van der Waals surface area (Å²) in [5.74, 6) is 0.950. The van der Waals surface area contributed by atoms with Crippen molar-refractivity contribution >= 4 is 11.0 Å². The second-order valence-electron chi connectivity index (χ2n) is 4.68. The first kappa shape index (κ1) is 12.8. The first-order valence-electron chi connectivity index (χ1n) is 6.77. The maximum Gasteiger partial charge on any atom is 0.146 e. The zero-order valence-electron chi connectivity index (χ0n) is 11.7. The van der Waals surface area contributed by atoms with Crippen molar-refractivity contribution in [1.29, 1.82) is 0 Å². The van der Waals surface area contributed by atoms with Gasteiger partial charge in [-0.2, -0.15) is 5.10 Å². The molecule has 3 heterocycles. The van der Waals surface area contributed by atoms with Crippen molar-refractivity contribution in [3.8, 4) is 0 Å². The third kappa shape index (κ3) is 2.18. The summed E-state index contributed by atoms with van der Waals surface area (Å²) >= 11 is 0. The first-order chi connectivity index (χ1) is 9.83. The number of rotatable bonds is 5. The lowest BCUT2D eigenvalue weighted by atomic mass is 10.2. The summed E-state index contributed by atoms with van der Waals surface area (Å²) in [5, 5.41) is 8.59. The zero-order chi connectivity index (χ0) is 13.9. The Labute approximate surface area is 117 Å². The Balaban J connectivity index is 2.03. The maximum absolute atomic E-state index is 4.50. The molecule has 1 N–H and O–H groups in total. The fraction of sp³-hybridized carbons (Fsp3) is 0.357. The van der Waals surface area contributed by atoms with Crippen molar-refractivity contribution in [1.82, 2.24) is 29.6 Å². The molecule has 0 atom stereocenters. The maximum atomic E-state index is 4.50.